The molecule has 0 bridgehead atoms. The van der Waals surface area contributed by atoms with Crippen LogP contribution in [0.25, 0.3) is 0 Å². The summed E-state index contributed by atoms with van der Waals surface area (Å²) in [7, 11) is 1.62. The Balaban J connectivity index is 1.66. The lowest BCUT2D eigenvalue weighted by Crippen LogP contribution is -2.46. The highest BCUT2D eigenvalue weighted by Crippen LogP contribution is 2.26. The number of carbonyl (C=O) groups excluding carboxylic acids is 1. The fraction of sp³-hybridized carbons (Fsp3) is 0.350. The Bertz CT molecular complexity index is 769. The van der Waals surface area contributed by atoms with E-state index < -0.39 is 6.04 Å². The van der Waals surface area contributed by atoms with E-state index in [1.807, 2.05) is 24.3 Å². The molecule has 1 amide bonds. The quantitative estimate of drug-likeness (QED) is 0.690. The number of ether oxygens (including phenoxy) is 1. The van der Waals surface area contributed by atoms with Crippen LogP contribution in [0.4, 0.5) is 4.39 Å². The second-order valence-electron chi connectivity index (χ2n) is 6.52. The van der Waals surface area contributed by atoms with Crippen molar-refractivity contribution in [3.63, 3.8) is 0 Å². The average molecular weight is 373 g/mol. The summed E-state index contributed by atoms with van der Waals surface area (Å²) in [6.07, 6.45) is 0.581. The van der Waals surface area contributed by atoms with Gasteiger partial charge in [-0.15, -0.1) is 0 Å². The SMILES string of the molecule is COc1cccc(C2CC(C(=O)N(CCO)Cc3ccc(F)cc3)NN2)c1. The van der Waals surface area contributed by atoms with Gasteiger partial charge in [0.05, 0.1) is 13.7 Å². The Morgan fingerprint density at radius 2 is 2.04 bits per heavy atom. The number of carbonyl (C=O) groups is 1. The summed E-state index contributed by atoms with van der Waals surface area (Å²) in [6, 6.07) is 13.3. The van der Waals surface area contributed by atoms with Crippen molar-refractivity contribution in [2.75, 3.05) is 20.3 Å². The van der Waals surface area contributed by atoms with Crippen LogP contribution in [0.5, 0.6) is 5.75 Å². The number of amides is 1. The number of aliphatic hydroxyl groups is 1. The van der Waals surface area contributed by atoms with E-state index in [1.165, 1.54) is 12.1 Å². The van der Waals surface area contributed by atoms with Gasteiger partial charge in [0.25, 0.3) is 0 Å². The maximum Gasteiger partial charge on any atom is 0.241 e. The topological polar surface area (TPSA) is 73.8 Å². The zero-order valence-corrected chi connectivity index (χ0v) is 15.2. The van der Waals surface area contributed by atoms with Crippen molar-refractivity contribution in [3.05, 3.63) is 65.5 Å². The number of methoxy groups -OCH3 is 1. The highest BCUT2D eigenvalue weighted by molar-refractivity contribution is 5.82. The summed E-state index contributed by atoms with van der Waals surface area (Å²) in [5.41, 5.74) is 8.06. The maximum atomic E-state index is 13.1. The summed E-state index contributed by atoms with van der Waals surface area (Å²) in [5, 5.41) is 9.33. The van der Waals surface area contributed by atoms with Crippen molar-refractivity contribution in [3.8, 4) is 5.75 Å². The number of nitrogens with one attached hydrogen (secondary N) is 2. The van der Waals surface area contributed by atoms with Gasteiger partial charge in [-0.05, 0) is 41.8 Å². The van der Waals surface area contributed by atoms with Crippen molar-refractivity contribution in [2.45, 2.75) is 25.0 Å². The number of halogens is 1. The lowest BCUT2D eigenvalue weighted by molar-refractivity contribution is -0.134. The fourth-order valence-corrected chi connectivity index (χ4v) is 3.21. The van der Waals surface area contributed by atoms with Crippen LogP contribution in [-0.2, 0) is 11.3 Å². The molecule has 1 heterocycles. The molecule has 6 nitrogen and oxygen atoms in total. The van der Waals surface area contributed by atoms with E-state index in [4.69, 9.17) is 4.74 Å². The van der Waals surface area contributed by atoms with E-state index in [-0.39, 0.29) is 30.9 Å². The Morgan fingerprint density at radius 3 is 2.74 bits per heavy atom. The molecule has 2 aromatic rings. The molecule has 0 spiro atoms. The Labute approximate surface area is 157 Å². The number of aliphatic hydroxyl groups excluding tert-OH is 1. The van der Waals surface area contributed by atoms with E-state index in [2.05, 4.69) is 10.9 Å². The zero-order chi connectivity index (χ0) is 19.2. The third kappa shape index (κ3) is 4.82. The predicted molar refractivity (Wildman–Crippen MR) is 99.3 cm³/mol. The van der Waals surface area contributed by atoms with Crippen LogP contribution in [0.3, 0.4) is 0 Å². The molecule has 1 aliphatic rings. The Hall–Kier alpha value is -2.48. The molecule has 1 saturated heterocycles. The third-order valence-corrected chi connectivity index (χ3v) is 4.67. The number of rotatable bonds is 7. The molecular formula is C20H24FN3O3. The van der Waals surface area contributed by atoms with Crippen LogP contribution in [0.15, 0.2) is 48.5 Å². The normalized spacial score (nSPS) is 19.1. The van der Waals surface area contributed by atoms with Gasteiger partial charge in [0.1, 0.15) is 17.6 Å². The summed E-state index contributed by atoms with van der Waals surface area (Å²) in [6.45, 7) is 0.409. The molecule has 2 atom stereocenters. The molecule has 144 valence electrons. The molecule has 2 aromatic carbocycles. The number of nitrogens with zero attached hydrogens (tertiary/aromatic N) is 1. The Morgan fingerprint density at radius 1 is 1.26 bits per heavy atom. The van der Waals surface area contributed by atoms with Crippen LogP contribution in [0.1, 0.15) is 23.6 Å². The zero-order valence-electron chi connectivity index (χ0n) is 15.2. The third-order valence-electron chi connectivity index (χ3n) is 4.67. The van der Waals surface area contributed by atoms with Gasteiger partial charge < -0.3 is 14.7 Å². The van der Waals surface area contributed by atoms with Gasteiger partial charge in [0.15, 0.2) is 0 Å². The lowest BCUT2D eigenvalue weighted by atomic mass is 10.0. The number of benzene rings is 2. The van der Waals surface area contributed by atoms with Crippen LogP contribution >= 0.6 is 0 Å². The molecule has 0 radical (unpaired) electrons. The maximum absolute atomic E-state index is 13.1. The van der Waals surface area contributed by atoms with Crippen LogP contribution < -0.4 is 15.6 Å². The molecule has 2 unspecified atom stereocenters. The number of hydrogen-bond donors (Lipinski definition) is 3. The van der Waals surface area contributed by atoms with Crippen molar-refractivity contribution >= 4 is 5.91 Å². The first-order valence-electron chi connectivity index (χ1n) is 8.90. The van der Waals surface area contributed by atoms with Gasteiger partial charge in [-0.1, -0.05) is 24.3 Å². The average Bonchev–Trinajstić information content (AvgIpc) is 3.19. The molecule has 1 aliphatic heterocycles. The van der Waals surface area contributed by atoms with Crippen molar-refractivity contribution < 1.29 is 19.0 Å². The summed E-state index contributed by atoms with van der Waals surface area (Å²) >= 11 is 0. The molecule has 0 saturated carbocycles. The highest BCUT2D eigenvalue weighted by Gasteiger charge is 2.33. The van der Waals surface area contributed by atoms with Gasteiger partial charge in [0, 0.05) is 19.1 Å². The highest BCUT2D eigenvalue weighted by atomic mass is 19.1. The van der Waals surface area contributed by atoms with Crippen molar-refractivity contribution in [2.24, 2.45) is 0 Å². The molecular weight excluding hydrogens is 349 g/mol. The number of hydrazine groups is 1. The second-order valence-corrected chi connectivity index (χ2v) is 6.52. The van der Waals surface area contributed by atoms with E-state index in [0.717, 1.165) is 16.9 Å². The van der Waals surface area contributed by atoms with E-state index in [1.54, 1.807) is 24.1 Å². The van der Waals surface area contributed by atoms with Crippen LogP contribution in [-0.4, -0.2) is 42.2 Å². The molecule has 7 heteroatoms. The first kappa shape index (κ1) is 19.3. The van der Waals surface area contributed by atoms with Crippen molar-refractivity contribution in [1.29, 1.82) is 0 Å². The molecule has 27 heavy (non-hydrogen) atoms. The monoisotopic (exact) mass is 373 g/mol. The van der Waals surface area contributed by atoms with Gasteiger partial charge in [0.2, 0.25) is 5.91 Å². The number of hydrogen-bond acceptors (Lipinski definition) is 5. The first-order valence-corrected chi connectivity index (χ1v) is 8.90. The van der Waals surface area contributed by atoms with E-state index >= 15 is 0 Å². The smallest absolute Gasteiger partial charge is 0.241 e. The molecule has 0 aliphatic carbocycles. The lowest BCUT2D eigenvalue weighted by Gasteiger charge is -2.25. The van der Waals surface area contributed by atoms with Gasteiger partial charge in [-0.25, -0.2) is 15.2 Å². The van der Waals surface area contributed by atoms with E-state index in [0.29, 0.717) is 13.0 Å². The van der Waals surface area contributed by atoms with Gasteiger partial charge in [-0.2, -0.15) is 0 Å². The van der Waals surface area contributed by atoms with Crippen molar-refractivity contribution in [1.82, 2.24) is 15.8 Å². The summed E-state index contributed by atoms with van der Waals surface area (Å²) in [5.74, 6) is 0.343. The summed E-state index contributed by atoms with van der Waals surface area (Å²) in [4.78, 5) is 14.5. The standard InChI is InChI=1S/C20H24FN3O3/c1-27-17-4-2-3-15(11-17)18-12-19(23-22-18)20(26)24(9-10-25)13-14-5-7-16(21)8-6-14/h2-8,11,18-19,22-23,25H,9-10,12-13H2,1H3. The molecule has 1 fully saturated rings. The first-order chi connectivity index (χ1) is 13.1. The van der Waals surface area contributed by atoms with Crippen LogP contribution in [0.2, 0.25) is 0 Å². The molecule has 0 aromatic heterocycles. The van der Waals surface area contributed by atoms with Gasteiger partial charge >= 0.3 is 0 Å². The largest absolute Gasteiger partial charge is 0.497 e. The van der Waals surface area contributed by atoms with E-state index in [9.17, 15) is 14.3 Å². The summed E-state index contributed by atoms with van der Waals surface area (Å²) < 4.78 is 18.3. The fourth-order valence-electron chi connectivity index (χ4n) is 3.21. The minimum Gasteiger partial charge on any atom is -0.497 e. The Kier molecular flexibility index (Phi) is 6.39. The minimum absolute atomic E-state index is 0.0177. The second kappa shape index (κ2) is 8.94. The minimum atomic E-state index is -0.409. The molecule has 3 N–H and O–H groups in total. The van der Waals surface area contributed by atoms with Crippen LogP contribution in [0, 0.1) is 5.82 Å². The van der Waals surface area contributed by atoms with Gasteiger partial charge in [-0.3, -0.25) is 4.79 Å². The predicted octanol–water partition coefficient (Wildman–Crippen LogP) is 1.76. The molecule has 3 rings (SSSR count).